The Morgan fingerprint density at radius 3 is 2.46 bits per heavy atom. The predicted molar refractivity (Wildman–Crippen MR) is 160 cm³/mol. The molecule has 1 aromatic heterocycles. The van der Waals surface area contributed by atoms with E-state index in [9.17, 15) is 4.79 Å². The fourth-order valence-corrected chi connectivity index (χ4v) is 4.70. The SMILES string of the molecule is O=C(N/N=C\c1ccc(OCc2ccc(Cl)cc2)c(Cl)c1)c1ccc(-c2csc(Nc3ccccc3)n2)cc1. The van der Waals surface area contributed by atoms with Crippen LogP contribution in [0.15, 0.2) is 108 Å². The van der Waals surface area contributed by atoms with Gasteiger partial charge in [-0.1, -0.05) is 65.7 Å². The molecule has 0 atom stereocenters. The first kappa shape index (κ1) is 26.4. The monoisotopic (exact) mass is 572 g/mol. The molecule has 0 bridgehead atoms. The number of hydrazone groups is 1. The van der Waals surface area contributed by atoms with Gasteiger partial charge in [-0.3, -0.25) is 4.79 Å². The quantitative estimate of drug-likeness (QED) is 0.138. The highest BCUT2D eigenvalue weighted by Gasteiger charge is 2.09. The van der Waals surface area contributed by atoms with Gasteiger partial charge < -0.3 is 10.1 Å². The lowest BCUT2D eigenvalue weighted by Gasteiger charge is -2.09. The summed E-state index contributed by atoms with van der Waals surface area (Å²) in [6, 6.07) is 29.8. The van der Waals surface area contributed by atoms with Gasteiger partial charge in [0.2, 0.25) is 0 Å². The molecule has 1 heterocycles. The van der Waals surface area contributed by atoms with E-state index in [4.69, 9.17) is 27.9 Å². The number of carbonyl (C=O) groups is 1. The maximum atomic E-state index is 12.5. The van der Waals surface area contributed by atoms with Crippen molar-refractivity contribution in [1.29, 1.82) is 0 Å². The van der Waals surface area contributed by atoms with E-state index < -0.39 is 0 Å². The van der Waals surface area contributed by atoms with Crippen molar-refractivity contribution in [2.75, 3.05) is 5.32 Å². The average Bonchev–Trinajstić information content (AvgIpc) is 3.42. The third-order valence-corrected chi connectivity index (χ3v) is 6.92. The largest absolute Gasteiger partial charge is 0.487 e. The molecule has 4 aromatic carbocycles. The Morgan fingerprint density at radius 2 is 1.72 bits per heavy atom. The maximum Gasteiger partial charge on any atom is 0.271 e. The van der Waals surface area contributed by atoms with E-state index in [0.717, 1.165) is 33.2 Å². The molecule has 1 amide bonds. The van der Waals surface area contributed by atoms with Gasteiger partial charge in [-0.15, -0.1) is 11.3 Å². The molecule has 194 valence electrons. The fourth-order valence-electron chi connectivity index (χ4n) is 3.59. The van der Waals surface area contributed by atoms with Crippen LogP contribution < -0.4 is 15.5 Å². The minimum absolute atomic E-state index is 0.323. The summed E-state index contributed by atoms with van der Waals surface area (Å²) in [5.74, 6) is 0.229. The van der Waals surface area contributed by atoms with Crippen molar-refractivity contribution in [3.63, 3.8) is 0 Å². The fraction of sp³-hybridized carbons (Fsp3) is 0.0333. The van der Waals surface area contributed by atoms with Crippen molar-refractivity contribution in [2.24, 2.45) is 5.10 Å². The highest BCUT2D eigenvalue weighted by atomic mass is 35.5. The van der Waals surface area contributed by atoms with Gasteiger partial charge >= 0.3 is 0 Å². The van der Waals surface area contributed by atoms with E-state index in [1.54, 1.807) is 24.3 Å². The van der Waals surface area contributed by atoms with Crippen molar-refractivity contribution in [3.05, 3.63) is 129 Å². The second kappa shape index (κ2) is 12.6. The molecular formula is C30H22Cl2N4O2S. The number of ether oxygens (including phenoxy) is 1. The van der Waals surface area contributed by atoms with Crippen LogP contribution in [0.25, 0.3) is 11.3 Å². The van der Waals surface area contributed by atoms with Gasteiger partial charge in [-0.25, -0.2) is 10.4 Å². The van der Waals surface area contributed by atoms with Crippen LogP contribution in [0, 0.1) is 0 Å². The summed E-state index contributed by atoms with van der Waals surface area (Å²) in [7, 11) is 0. The van der Waals surface area contributed by atoms with Crippen LogP contribution in [0.5, 0.6) is 5.75 Å². The molecule has 5 rings (SSSR count). The second-order valence-electron chi connectivity index (χ2n) is 8.41. The van der Waals surface area contributed by atoms with Crippen molar-refractivity contribution < 1.29 is 9.53 Å². The van der Waals surface area contributed by atoms with Crippen molar-refractivity contribution in [2.45, 2.75) is 6.61 Å². The number of anilines is 2. The van der Waals surface area contributed by atoms with Crippen LogP contribution in [0.2, 0.25) is 10.0 Å². The summed E-state index contributed by atoms with van der Waals surface area (Å²) in [4.78, 5) is 17.2. The van der Waals surface area contributed by atoms with Gasteiger partial charge in [0, 0.05) is 27.2 Å². The minimum Gasteiger partial charge on any atom is -0.487 e. The van der Waals surface area contributed by atoms with E-state index >= 15 is 0 Å². The van der Waals surface area contributed by atoms with Crippen LogP contribution in [0.4, 0.5) is 10.8 Å². The number of thiazole rings is 1. The number of nitrogens with one attached hydrogen (secondary N) is 2. The van der Waals surface area contributed by atoms with Crippen LogP contribution >= 0.6 is 34.5 Å². The molecule has 2 N–H and O–H groups in total. The van der Waals surface area contributed by atoms with E-state index in [0.29, 0.717) is 28.0 Å². The molecule has 6 nitrogen and oxygen atoms in total. The van der Waals surface area contributed by atoms with Crippen LogP contribution in [-0.4, -0.2) is 17.1 Å². The second-order valence-corrected chi connectivity index (χ2v) is 10.1. The molecule has 0 saturated carbocycles. The molecule has 0 radical (unpaired) electrons. The Balaban J connectivity index is 1.14. The Hall–Kier alpha value is -4.17. The zero-order chi connectivity index (χ0) is 27.0. The lowest BCUT2D eigenvalue weighted by molar-refractivity contribution is 0.0955. The predicted octanol–water partition coefficient (Wildman–Crippen LogP) is 8.20. The van der Waals surface area contributed by atoms with Crippen LogP contribution in [0.1, 0.15) is 21.5 Å². The molecule has 0 aliphatic rings. The molecule has 9 heteroatoms. The highest BCUT2D eigenvalue weighted by Crippen LogP contribution is 2.28. The number of hydrogen-bond acceptors (Lipinski definition) is 6. The van der Waals surface area contributed by atoms with Gasteiger partial charge in [-0.2, -0.15) is 5.10 Å². The Labute approximate surface area is 239 Å². The molecule has 0 spiro atoms. The highest BCUT2D eigenvalue weighted by molar-refractivity contribution is 7.14. The van der Waals surface area contributed by atoms with Crippen molar-refractivity contribution in [1.82, 2.24) is 10.4 Å². The third-order valence-electron chi connectivity index (χ3n) is 5.62. The standard InChI is InChI=1S/C30H22Cl2N4O2S/c31-24-13-6-20(7-14-24)18-38-28-15-8-21(16-26(28)32)17-33-36-29(37)23-11-9-22(10-12-23)27-19-39-30(35-27)34-25-4-2-1-3-5-25/h1-17,19H,18H2,(H,34,35)(H,36,37)/b33-17-. The first-order valence-corrected chi connectivity index (χ1v) is 13.6. The molecular weight excluding hydrogens is 551 g/mol. The lowest BCUT2D eigenvalue weighted by Crippen LogP contribution is -2.17. The summed E-state index contributed by atoms with van der Waals surface area (Å²) < 4.78 is 5.79. The van der Waals surface area contributed by atoms with Crippen LogP contribution in [-0.2, 0) is 6.61 Å². The van der Waals surface area contributed by atoms with E-state index in [1.807, 2.05) is 78.2 Å². The number of hydrogen-bond donors (Lipinski definition) is 2. The average molecular weight is 574 g/mol. The molecule has 0 saturated heterocycles. The minimum atomic E-state index is -0.323. The van der Waals surface area contributed by atoms with Gasteiger partial charge in [0.05, 0.1) is 16.9 Å². The number of para-hydroxylation sites is 1. The molecule has 0 aliphatic carbocycles. The Bertz CT molecular complexity index is 1590. The van der Waals surface area contributed by atoms with Crippen molar-refractivity contribution >= 4 is 57.5 Å². The van der Waals surface area contributed by atoms with E-state index in [-0.39, 0.29) is 5.91 Å². The topological polar surface area (TPSA) is 75.6 Å². The molecule has 5 aromatic rings. The summed E-state index contributed by atoms with van der Waals surface area (Å²) in [5, 5.41) is 11.2. The van der Waals surface area contributed by atoms with Crippen molar-refractivity contribution in [3.8, 4) is 17.0 Å². The molecule has 39 heavy (non-hydrogen) atoms. The number of aromatic nitrogens is 1. The summed E-state index contributed by atoms with van der Waals surface area (Å²) >= 11 is 13.8. The summed E-state index contributed by atoms with van der Waals surface area (Å²) in [6.45, 7) is 0.368. The number of amides is 1. The summed E-state index contributed by atoms with van der Waals surface area (Å²) in [5.41, 5.74) is 7.46. The molecule has 0 aliphatic heterocycles. The number of halogens is 2. The number of nitrogens with zero attached hydrogens (tertiary/aromatic N) is 2. The van der Waals surface area contributed by atoms with Gasteiger partial charge in [-0.05, 0) is 65.7 Å². The Kier molecular flexibility index (Phi) is 8.53. The number of benzene rings is 4. The maximum absolute atomic E-state index is 12.5. The number of carbonyl (C=O) groups excluding carboxylic acids is 1. The van der Waals surface area contributed by atoms with Gasteiger partial charge in [0.15, 0.2) is 5.13 Å². The zero-order valence-corrected chi connectivity index (χ0v) is 22.8. The zero-order valence-electron chi connectivity index (χ0n) is 20.5. The first-order chi connectivity index (χ1) is 19.0. The number of rotatable bonds is 9. The van der Waals surface area contributed by atoms with Crippen LogP contribution in [0.3, 0.4) is 0 Å². The van der Waals surface area contributed by atoms with E-state index in [1.165, 1.54) is 17.6 Å². The van der Waals surface area contributed by atoms with Gasteiger partial charge in [0.25, 0.3) is 5.91 Å². The van der Waals surface area contributed by atoms with E-state index in [2.05, 4.69) is 20.8 Å². The smallest absolute Gasteiger partial charge is 0.271 e. The van der Waals surface area contributed by atoms with Gasteiger partial charge in [0.1, 0.15) is 12.4 Å². The first-order valence-electron chi connectivity index (χ1n) is 11.9. The molecule has 0 fully saturated rings. The normalized spacial score (nSPS) is 10.9. The third kappa shape index (κ3) is 7.23. The lowest BCUT2D eigenvalue weighted by atomic mass is 10.1. The molecule has 0 unspecified atom stereocenters. The summed E-state index contributed by atoms with van der Waals surface area (Å²) in [6.07, 6.45) is 1.53. The Morgan fingerprint density at radius 1 is 0.949 bits per heavy atom.